The maximum atomic E-state index is 11.9. The van der Waals surface area contributed by atoms with Gasteiger partial charge >= 0.3 is 29.6 Å². The quantitative estimate of drug-likeness (QED) is 0.446. The average molecular weight is 119 g/mol. The van der Waals surface area contributed by atoms with Gasteiger partial charge in [-0.15, -0.1) is 0 Å². The molecule has 8 heavy (non-hydrogen) atoms. The van der Waals surface area contributed by atoms with Crippen LogP contribution in [0.2, 0.25) is 0 Å². The third kappa shape index (κ3) is 2.46. The van der Waals surface area contributed by atoms with Crippen molar-refractivity contribution in [1.82, 2.24) is 0 Å². The van der Waals surface area contributed by atoms with Crippen molar-refractivity contribution in [3.05, 3.63) is 36.1 Å². The Morgan fingerprint density at radius 1 is 1.25 bits per heavy atom. The number of hydrogen-bond donors (Lipinski definition) is 0. The van der Waals surface area contributed by atoms with Crippen molar-refractivity contribution < 1.29 is 4.39 Å². The van der Waals surface area contributed by atoms with Gasteiger partial charge in [0.05, 0.1) is 0 Å². The fraction of sp³-hybridized carbons (Fsp3) is 0. The summed E-state index contributed by atoms with van der Waals surface area (Å²) in [6, 6.07) is 8.49. The molecule has 0 fully saturated rings. The van der Waals surface area contributed by atoms with Crippen molar-refractivity contribution in [2.24, 2.45) is 0 Å². The van der Waals surface area contributed by atoms with Crippen molar-refractivity contribution in [3.8, 4) is 0 Å². The number of rotatable bonds is 0. The van der Waals surface area contributed by atoms with Crippen LogP contribution in [-0.2, 0) is 0 Å². The van der Waals surface area contributed by atoms with Crippen molar-refractivity contribution in [1.29, 1.82) is 0 Å². The second kappa shape index (κ2) is 4.07. The Labute approximate surface area is 70.0 Å². The van der Waals surface area contributed by atoms with Gasteiger partial charge in [-0.3, -0.25) is 0 Å². The Balaban J connectivity index is 0.000000490. The maximum absolute atomic E-state index is 11.9. The van der Waals surface area contributed by atoms with Crippen LogP contribution >= 0.6 is 0 Å². The van der Waals surface area contributed by atoms with Crippen molar-refractivity contribution >= 4 is 29.6 Å². The fourth-order valence-electron chi connectivity index (χ4n) is 0.367. The van der Waals surface area contributed by atoms with Crippen LogP contribution in [0, 0.1) is 11.9 Å². The molecule has 0 N–H and O–H groups in total. The zero-order valence-electron chi connectivity index (χ0n) is 3.69. The first-order chi connectivity index (χ1) is 3.39. The molecule has 0 saturated heterocycles. The molecule has 37 valence electrons. The summed E-state index contributed by atoms with van der Waals surface area (Å²) in [5.41, 5.74) is 0. The molecule has 0 aromatic heterocycles. The van der Waals surface area contributed by atoms with Crippen LogP contribution in [0.3, 0.4) is 0 Å². The van der Waals surface area contributed by atoms with E-state index in [1.54, 1.807) is 0 Å². The summed E-state index contributed by atoms with van der Waals surface area (Å²) in [6.07, 6.45) is 0. The Morgan fingerprint density at radius 2 is 1.75 bits per heavy atom. The van der Waals surface area contributed by atoms with Crippen LogP contribution < -0.4 is 0 Å². The Morgan fingerprint density at radius 3 is 2.00 bits per heavy atom. The molecule has 1 aromatic rings. The van der Waals surface area contributed by atoms with E-state index in [1.165, 1.54) is 24.3 Å². The van der Waals surface area contributed by atoms with E-state index in [0.717, 1.165) is 0 Å². The van der Waals surface area contributed by atoms with Crippen LogP contribution in [0.4, 0.5) is 4.39 Å². The molecule has 0 aliphatic heterocycles. The average Bonchev–Trinajstić information content (AvgIpc) is 1.69. The predicted molar refractivity (Wildman–Crippen MR) is 32.4 cm³/mol. The number of hydrogen-bond acceptors (Lipinski definition) is 0. The molecule has 0 nitrogen and oxygen atoms in total. The molecule has 1 radical (unpaired) electrons. The van der Waals surface area contributed by atoms with Gasteiger partial charge in [0.2, 0.25) is 0 Å². The van der Waals surface area contributed by atoms with E-state index >= 15 is 0 Å². The SMILES string of the molecule is Fc1cc[c]cc1.[NaH]. The zero-order chi connectivity index (χ0) is 5.11. The summed E-state index contributed by atoms with van der Waals surface area (Å²) >= 11 is 0. The van der Waals surface area contributed by atoms with Crippen LogP contribution in [0.5, 0.6) is 0 Å². The van der Waals surface area contributed by atoms with E-state index in [9.17, 15) is 4.39 Å². The van der Waals surface area contributed by atoms with E-state index in [2.05, 4.69) is 6.07 Å². The van der Waals surface area contributed by atoms with Crippen molar-refractivity contribution in [2.45, 2.75) is 0 Å². The molecule has 0 aliphatic carbocycles. The van der Waals surface area contributed by atoms with Gasteiger partial charge in [0.15, 0.2) is 0 Å². The predicted octanol–water partition coefficient (Wildman–Crippen LogP) is 0.977. The summed E-state index contributed by atoms with van der Waals surface area (Å²) < 4.78 is 11.9. The molecule has 0 spiro atoms. The standard InChI is InChI=1S/C6H4F.Na.H/c7-6-4-2-1-3-5-6;;/h2-5H;;. The molecule has 0 amide bonds. The molecule has 0 unspecified atom stereocenters. The van der Waals surface area contributed by atoms with Gasteiger partial charge in [0.25, 0.3) is 0 Å². The first-order valence-electron chi connectivity index (χ1n) is 2.01. The first-order valence-corrected chi connectivity index (χ1v) is 2.01. The van der Waals surface area contributed by atoms with Gasteiger partial charge in [-0.25, -0.2) is 4.39 Å². The molecule has 2 heteroatoms. The zero-order valence-corrected chi connectivity index (χ0v) is 3.69. The molecule has 1 rings (SSSR count). The molecule has 0 saturated carbocycles. The third-order valence-corrected chi connectivity index (χ3v) is 0.678. The Kier molecular flexibility index (Phi) is 4.15. The fourth-order valence-corrected chi connectivity index (χ4v) is 0.367. The minimum atomic E-state index is -0.209. The second-order valence-electron chi connectivity index (χ2n) is 1.22. The van der Waals surface area contributed by atoms with Gasteiger partial charge in [-0.05, 0) is 18.2 Å². The molecular weight excluding hydrogens is 114 g/mol. The summed E-state index contributed by atoms with van der Waals surface area (Å²) in [5, 5.41) is 0. The molecule has 0 bridgehead atoms. The Bertz CT molecular complexity index is 138. The van der Waals surface area contributed by atoms with Gasteiger partial charge in [0, 0.05) is 0 Å². The number of halogens is 1. The molecule has 0 aliphatic rings. The van der Waals surface area contributed by atoms with Crippen molar-refractivity contribution in [3.63, 3.8) is 0 Å². The van der Waals surface area contributed by atoms with Crippen LogP contribution in [0.1, 0.15) is 0 Å². The first kappa shape index (κ1) is 8.15. The van der Waals surface area contributed by atoms with Crippen LogP contribution in [0.15, 0.2) is 24.3 Å². The topological polar surface area (TPSA) is 0 Å². The van der Waals surface area contributed by atoms with Crippen molar-refractivity contribution in [2.75, 3.05) is 0 Å². The summed E-state index contributed by atoms with van der Waals surface area (Å²) in [6.45, 7) is 0. The summed E-state index contributed by atoms with van der Waals surface area (Å²) in [7, 11) is 0. The normalized spacial score (nSPS) is 7.62. The Hall–Kier alpha value is 0.150. The molecule has 1 aromatic carbocycles. The van der Waals surface area contributed by atoms with Gasteiger partial charge in [0.1, 0.15) is 5.82 Å². The second-order valence-corrected chi connectivity index (χ2v) is 1.22. The molecule has 0 heterocycles. The molecular formula is C6H5FNa. The molecule has 0 atom stereocenters. The van der Waals surface area contributed by atoms with Crippen LogP contribution in [0.25, 0.3) is 0 Å². The van der Waals surface area contributed by atoms with E-state index in [4.69, 9.17) is 0 Å². The monoisotopic (exact) mass is 119 g/mol. The van der Waals surface area contributed by atoms with E-state index in [-0.39, 0.29) is 35.4 Å². The number of benzene rings is 1. The van der Waals surface area contributed by atoms with Gasteiger partial charge in [-0.2, -0.15) is 0 Å². The van der Waals surface area contributed by atoms with Gasteiger partial charge in [-0.1, -0.05) is 12.1 Å². The minimum absolute atomic E-state index is 0. The summed E-state index contributed by atoms with van der Waals surface area (Å²) in [5.74, 6) is -0.209. The summed E-state index contributed by atoms with van der Waals surface area (Å²) in [4.78, 5) is 0. The van der Waals surface area contributed by atoms with E-state index in [0.29, 0.717) is 0 Å². The van der Waals surface area contributed by atoms with Crippen LogP contribution in [-0.4, -0.2) is 29.6 Å². The van der Waals surface area contributed by atoms with Gasteiger partial charge < -0.3 is 0 Å². The third-order valence-electron chi connectivity index (χ3n) is 0.678. The van der Waals surface area contributed by atoms with E-state index < -0.39 is 0 Å². The van der Waals surface area contributed by atoms with E-state index in [1.807, 2.05) is 0 Å².